The second-order valence-electron chi connectivity index (χ2n) is 8.58. The summed E-state index contributed by atoms with van der Waals surface area (Å²) in [6.07, 6.45) is -2.97. The van der Waals surface area contributed by atoms with Gasteiger partial charge in [-0.3, -0.25) is 0 Å². The highest BCUT2D eigenvalue weighted by Gasteiger charge is 2.44. The van der Waals surface area contributed by atoms with Gasteiger partial charge in [-0.25, -0.2) is 0 Å². The summed E-state index contributed by atoms with van der Waals surface area (Å²) in [5, 5.41) is 40.5. The number of aryl methyl sites for hydroxylation is 4. The molecular formula is C25H34O5. The number of aliphatic hydroxyl groups excluding tert-OH is 4. The fraction of sp³-hybridized carbons (Fsp3) is 0.520. The molecule has 0 radical (unpaired) electrons. The van der Waals surface area contributed by atoms with Gasteiger partial charge in [-0.1, -0.05) is 49.2 Å². The number of hydrogen-bond donors (Lipinski definition) is 4. The van der Waals surface area contributed by atoms with Crippen molar-refractivity contribution in [3.05, 3.63) is 69.3 Å². The Kier molecular flexibility index (Phi) is 7.32. The average Bonchev–Trinajstić information content (AvgIpc) is 2.71. The number of benzene rings is 2. The monoisotopic (exact) mass is 414 g/mol. The predicted octanol–water partition coefficient (Wildman–Crippen LogP) is 2.67. The van der Waals surface area contributed by atoms with E-state index in [2.05, 4.69) is 51.1 Å². The van der Waals surface area contributed by atoms with E-state index in [0.717, 1.165) is 30.4 Å². The lowest BCUT2D eigenvalue weighted by molar-refractivity contribution is -0.231. The summed E-state index contributed by atoms with van der Waals surface area (Å²) in [5.74, 6) is 0. The third-order valence-electron chi connectivity index (χ3n) is 6.19. The van der Waals surface area contributed by atoms with Gasteiger partial charge in [0.2, 0.25) is 0 Å². The highest BCUT2D eigenvalue weighted by atomic mass is 16.5. The largest absolute Gasteiger partial charge is 0.394 e. The van der Waals surface area contributed by atoms with Crippen molar-refractivity contribution in [2.24, 2.45) is 0 Å². The Bertz CT molecular complexity index is 876. The third kappa shape index (κ3) is 4.61. The molecule has 1 aliphatic heterocycles. The molecule has 0 aliphatic carbocycles. The molecule has 1 saturated heterocycles. The molecule has 3 rings (SSSR count). The van der Waals surface area contributed by atoms with E-state index >= 15 is 0 Å². The number of rotatable bonds is 6. The molecule has 30 heavy (non-hydrogen) atoms. The van der Waals surface area contributed by atoms with E-state index in [4.69, 9.17) is 4.74 Å². The molecule has 164 valence electrons. The third-order valence-corrected chi connectivity index (χ3v) is 6.19. The standard InChI is InChI=1S/C25H34O5/c1-5-6-18-10-16(4)20(25-24(29)23(28)22(27)21(13-26)30-25)12-19(18)11-17-8-7-14(2)9-15(17)3/h7-10,12,21-29H,5-6,11,13H2,1-4H3. The van der Waals surface area contributed by atoms with Gasteiger partial charge in [0.05, 0.1) is 6.61 Å². The Balaban J connectivity index is 2.02. The van der Waals surface area contributed by atoms with E-state index in [1.807, 2.05) is 6.92 Å². The quantitative estimate of drug-likeness (QED) is 0.584. The summed E-state index contributed by atoms with van der Waals surface area (Å²) in [5.41, 5.74) is 7.91. The maximum absolute atomic E-state index is 10.6. The van der Waals surface area contributed by atoms with Gasteiger partial charge in [0.25, 0.3) is 0 Å². The second kappa shape index (κ2) is 9.58. The molecule has 5 heteroatoms. The van der Waals surface area contributed by atoms with E-state index in [1.54, 1.807) is 0 Å². The Hall–Kier alpha value is -1.76. The molecular weight excluding hydrogens is 380 g/mol. The molecule has 1 aliphatic rings. The minimum absolute atomic E-state index is 0.427. The summed E-state index contributed by atoms with van der Waals surface area (Å²) < 4.78 is 5.83. The molecule has 0 amide bonds. The molecule has 0 saturated carbocycles. The van der Waals surface area contributed by atoms with Crippen molar-refractivity contribution in [1.29, 1.82) is 0 Å². The van der Waals surface area contributed by atoms with Crippen LogP contribution in [0.3, 0.4) is 0 Å². The van der Waals surface area contributed by atoms with Crippen LogP contribution in [0, 0.1) is 20.8 Å². The Morgan fingerprint density at radius 2 is 1.57 bits per heavy atom. The predicted molar refractivity (Wildman–Crippen MR) is 117 cm³/mol. The SMILES string of the molecule is CCCc1cc(C)c(C2OC(CO)C(O)C(O)C2O)cc1Cc1ccc(C)cc1C. The van der Waals surface area contributed by atoms with Crippen molar-refractivity contribution in [3.8, 4) is 0 Å². The van der Waals surface area contributed by atoms with Crippen LogP contribution in [0.25, 0.3) is 0 Å². The Morgan fingerprint density at radius 1 is 0.833 bits per heavy atom. The highest BCUT2D eigenvalue weighted by Crippen LogP contribution is 2.36. The summed E-state index contributed by atoms with van der Waals surface area (Å²) >= 11 is 0. The lowest BCUT2D eigenvalue weighted by Gasteiger charge is -2.41. The van der Waals surface area contributed by atoms with Crippen molar-refractivity contribution >= 4 is 0 Å². The molecule has 2 aromatic carbocycles. The molecule has 5 atom stereocenters. The summed E-state index contributed by atoms with van der Waals surface area (Å²) in [6.45, 7) is 7.90. The van der Waals surface area contributed by atoms with Gasteiger partial charge in [0, 0.05) is 0 Å². The van der Waals surface area contributed by atoms with E-state index in [0.29, 0.717) is 0 Å². The van der Waals surface area contributed by atoms with Crippen LogP contribution >= 0.6 is 0 Å². The molecule has 0 aromatic heterocycles. The number of aliphatic hydroxyl groups is 4. The highest BCUT2D eigenvalue weighted by molar-refractivity contribution is 5.44. The molecule has 4 N–H and O–H groups in total. The Labute approximate surface area is 179 Å². The van der Waals surface area contributed by atoms with Gasteiger partial charge in [-0.2, -0.15) is 0 Å². The van der Waals surface area contributed by atoms with Crippen molar-refractivity contribution in [1.82, 2.24) is 0 Å². The number of hydrogen-bond acceptors (Lipinski definition) is 5. The minimum Gasteiger partial charge on any atom is -0.394 e. The first-order valence-electron chi connectivity index (χ1n) is 10.8. The van der Waals surface area contributed by atoms with E-state index in [1.165, 1.54) is 27.8 Å². The van der Waals surface area contributed by atoms with Crippen LogP contribution in [0.2, 0.25) is 0 Å². The summed E-state index contributed by atoms with van der Waals surface area (Å²) in [7, 11) is 0. The van der Waals surface area contributed by atoms with Crippen LogP contribution in [0.4, 0.5) is 0 Å². The Morgan fingerprint density at radius 3 is 2.20 bits per heavy atom. The summed E-state index contributed by atoms with van der Waals surface area (Å²) in [6, 6.07) is 10.7. The van der Waals surface area contributed by atoms with Crippen LogP contribution in [0.1, 0.15) is 58.4 Å². The molecule has 0 bridgehead atoms. The van der Waals surface area contributed by atoms with E-state index < -0.39 is 37.1 Å². The van der Waals surface area contributed by atoms with Gasteiger partial charge in [0.15, 0.2) is 0 Å². The van der Waals surface area contributed by atoms with Crippen molar-refractivity contribution in [2.45, 2.75) is 77.5 Å². The fourth-order valence-electron chi connectivity index (χ4n) is 4.41. The normalized spacial score (nSPS) is 26.7. The lowest BCUT2D eigenvalue weighted by Crippen LogP contribution is -2.55. The first-order valence-corrected chi connectivity index (χ1v) is 10.8. The van der Waals surface area contributed by atoms with Crippen LogP contribution in [-0.2, 0) is 17.6 Å². The smallest absolute Gasteiger partial charge is 0.113 e. The zero-order valence-corrected chi connectivity index (χ0v) is 18.3. The molecule has 1 heterocycles. The number of ether oxygens (including phenoxy) is 1. The van der Waals surface area contributed by atoms with Crippen molar-refractivity contribution < 1.29 is 25.2 Å². The first kappa shape index (κ1) is 22.9. The van der Waals surface area contributed by atoms with Gasteiger partial charge in [-0.05, 0) is 67.0 Å². The molecule has 2 aromatic rings. The summed E-state index contributed by atoms with van der Waals surface area (Å²) in [4.78, 5) is 0. The van der Waals surface area contributed by atoms with Crippen LogP contribution in [0.5, 0.6) is 0 Å². The van der Waals surface area contributed by atoms with Crippen LogP contribution in [0.15, 0.2) is 30.3 Å². The van der Waals surface area contributed by atoms with Crippen molar-refractivity contribution in [3.63, 3.8) is 0 Å². The average molecular weight is 415 g/mol. The van der Waals surface area contributed by atoms with Gasteiger partial charge >= 0.3 is 0 Å². The molecule has 5 unspecified atom stereocenters. The van der Waals surface area contributed by atoms with E-state index in [-0.39, 0.29) is 0 Å². The minimum atomic E-state index is -1.38. The zero-order valence-electron chi connectivity index (χ0n) is 18.3. The van der Waals surface area contributed by atoms with Crippen molar-refractivity contribution in [2.75, 3.05) is 6.61 Å². The molecule has 5 nitrogen and oxygen atoms in total. The topological polar surface area (TPSA) is 90.2 Å². The maximum atomic E-state index is 10.6. The molecule has 1 fully saturated rings. The van der Waals surface area contributed by atoms with Gasteiger partial charge < -0.3 is 25.2 Å². The molecule has 0 spiro atoms. The maximum Gasteiger partial charge on any atom is 0.113 e. The first-order chi connectivity index (χ1) is 14.3. The second-order valence-corrected chi connectivity index (χ2v) is 8.58. The lowest BCUT2D eigenvalue weighted by atomic mass is 9.85. The van der Waals surface area contributed by atoms with Gasteiger partial charge in [0.1, 0.15) is 30.5 Å². The fourth-order valence-corrected chi connectivity index (χ4v) is 4.41. The van der Waals surface area contributed by atoms with Crippen LogP contribution in [-0.4, -0.2) is 51.4 Å². The van der Waals surface area contributed by atoms with Gasteiger partial charge in [-0.15, -0.1) is 0 Å². The zero-order chi connectivity index (χ0) is 22.0. The van der Waals surface area contributed by atoms with Crippen LogP contribution < -0.4 is 0 Å². The van der Waals surface area contributed by atoms with E-state index in [9.17, 15) is 20.4 Å².